The quantitative estimate of drug-likeness (QED) is 0.467. The molecule has 0 nitrogen and oxygen atoms in total. The summed E-state index contributed by atoms with van der Waals surface area (Å²) in [6, 6.07) is 17.1. The summed E-state index contributed by atoms with van der Waals surface area (Å²) in [5.74, 6) is 0. The van der Waals surface area contributed by atoms with E-state index in [2.05, 4.69) is 31.2 Å². The van der Waals surface area contributed by atoms with E-state index < -0.39 is 0 Å². The number of benzene rings is 3. The third kappa shape index (κ3) is 1.30. The van der Waals surface area contributed by atoms with E-state index in [-0.39, 0.29) is 0 Å². The molecular weight excluding hydrogens is 180 g/mol. The van der Waals surface area contributed by atoms with E-state index >= 15 is 0 Å². The Morgan fingerprint density at radius 2 is 1.67 bits per heavy atom. The zero-order valence-electron chi connectivity index (χ0n) is 9.62. The molecule has 0 N–H and O–H groups in total. The molecule has 0 amide bonds. The van der Waals surface area contributed by atoms with E-state index in [0.717, 1.165) is 10.8 Å². The van der Waals surface area contributed by atoms with Gasteiger partial charge in [0.05, 0.1) is 1.37 Å². The molecule has 0 unspecified atom stereocenters. The molecule has 0 fully saturated rings. The number of hydrogen-bond donors (Lipinski definition) is 0. The molecule has 0 bridgehead atoms. The van der Waals surface area contributed by atoms with Crippen LogP contribution in [-0.2, 0) is 0 Å². The molecule has 3 aromatic carbocycles. The highest BCUT2D eigenvalue weighted by Crippen LogP contribution is 2.25. The highest BCUT2D eigenvalue weighted by atomic mass is 14.0. The van der Waals surface area contributed by atoms with Crippen LogP contribution in [0.1, 0.15) is 6.93 Å². The van der Waals surface area contributed by atoms with Crippen molar-refractivity contribution in [3.05, 3.63) is 60.1 Å². The van der Waals surface area contributed by atoms with Gasteiger partial charge in [0.1, 0.15) is 0 Å². The predicted octanol–water partition coefficient (Wildman–Crippen LogP) is 4.30. The van der Waals surface area contributed by atoms with Gasteiger partial charge in [-0.1, -0.05) is 60.1 Å². The summed E-state index contributed by atoms with van der Waals surface area (Å²) in [5.41, 5.74) is 1.24. The second kappa shape index (κ2) is 3.09. The van der Waals surface area contributed by atoms with Gasteiger partial charge in [-0.25, -0.2) is 0 Å². The molecule has 0 heterocycles. The Bertz CT molecular complexity index is 683. The van der Waals surface area contributed by atoms with Gasteiger partial charge in [-0.05, 0) is 28.5 Å². The minimum absolute atomic E-state index is 0.605. The zero-order valence-corrected chi connectivity index (χ0v) is 8.62. The van der Waals surface area contributed by atoms with E-state index in [0.29, 0.717) is 6.04 Å². The largest absolute Gasteiger partial charge is 0.0629 e. The number of hydrogen-bond acceptors (Lipinski definition) is 0. The smallest absolute Gasteiger partial charge is 0.0616 e. The maximum Gasteiger partial charge on any atom is 0.0629 e. The molecule has 0 aliphatic carbocycles. The van der Waals surface area contributed by atoms with Gasteiger partial charge in [0, 0.05) is 0 Å². The lowest BCUT2D eigenvalue weighted by Gasteiger charge is -2.04. The van der Waals surface area contributed by atoms with Crippen molar-refractivity contribution in [1.82, 2.24) is 0 Å². The minimum atomic E-state index is 0.605. The Balaban J connectivity index is 2.59. The summed E-state index contributed by atoms with van der Waals surface area (Å²) >= 11 is 0. The second-order valence-corrected chi connectivity index (χ2v) is 3.92. The highest BCUT2D eigenvalue weighted by molar-refractivity contribution is 6.07. The Hall–Kier alpha value is -1.82. The molecular formula is C15H12. The summed E-state index contributed by atoms with van der Waals surface area (Å²) < 4.78 is 8.02. The second-order valence-electron chi connectivity index (χ2n) is 3.92. The van der Waals surface area contributed by atoms with Crippen LogP contribution < -0.4 is 0 Å². The monoisotopic (exact) mass is 193 g/mol. The van der Waals surface area contributed by atoms with Crippen molar-refractivity contribution in [3.63, 3.8) is 0 Å². The number of rotatable bonds is 0. The van der Waals surface area contributed by atoms with E-state index in [1.165, 1.54) is 16.3 Å². The average molecular weight is 193 g/mol. The van der Waals surface area contributed by atoms with Crippen LogP contribution in [0.15, 0.2) is 54.6 Å². The highest BCUT2D eigenvalue weighted by Gasteiger charge is 1.98. The van der Waals surface area contributed by atoms with E-state index in [1.54, 1.807) is 0 Å². The third-order valence-corrected chi connectivity index (χ3v) is 2.81. The fourth-order valence-electron chi connectivity index (χ4n) is 2.05. The first-order chi connectivity index (χ1) is 7.75. The first kappa shape index (κ1) is 7.47. The Morgan fingerprint density at radius 1 is 0.867 bits per heavy atom. The maximum absolute atomic E-state index is 8.02. The van der Waals surface area contributed by atoms with E-state index in [9.17, 15) is 0 Å². The van der Waals surface area contributed by atoms with Crippen LogP contribution in [0.25, 0.3) is 21.5 Å². The first-order valence-electron chi connectivity index (χ1n) is 5.64. The third-order valence-electron chi connectivity index (χ3n) is 2.81. The van der Waals surface area contributed by atoms with Gasteiger partial charge >= 0.3 is 0 Å². The van der Waals surface area contributed by atoms with Crippen LogP contribution in [0, 0.1) is 6.92 Å². The molecule has 0 heteroatoms. The molecule has 3 aromatic rings. The number of fused-ring (bicyclic) bond motifs is 3. The molecule has 0 aliphatic rings. The lowest BCUT2D eigenvalue weighted by atomic mass is 10.0. The predicted molar refractivity (Wildman–Crippen MR) is 66.2 cm³/mol. The molecule has 0 saturated heterocycles. The molecule has 15 heavy (non-hydrogen) atoms. The van der Waals surface area contributed by atoms with Crippen molar-refractivity contribution < 1.29 is 1.37 Å². The van der Waals surface area contributed by atoms with Gasteiger partial charge in [-0.15, -0.1) is 0 Å². The summed E-state index contributed by atoms with van der Waals surface area (Å²) in [5, 5.41) is 4.59. The van der Waals surface area contributed by atoms with Crippen molar-refractivity contribution in [2.24, 2.45) is 0 Å². The van der Waals surface area contributed by atoms with Crippen molar-refractivity contribution in [3.8, 4) is 0 Å². The van der Waals surface area contributed by atoms with E-state index in [1.807, 2.05) is 24.3 Å². The van der Waals surface area contributed by atoms with Crippen LogP contribution in [0.2, 0.25) is 0 Å². The molecule has 0 spiro atoms. The fourth-order valence-corrected chi connectivity index (χ4v) is 2.05. The van der Waals surface area contributed by atoms with Gasteiger partial charge in [0.15, 0.2) is 0 Å². The van der Waals surface area contributed by atoms with Crippen LogP contribution >= 0.6 is 0 Å². The summed E-state index contributed by atoms with van der Waals surface area (Å²) in [6.45, 7) is 2.08. The maximum atomic E-state index is 8.02. The van der Waals surface area contributed by atoms with Gasteiger partial charge in [0.2, 0.25) is 0 Å². The SMILES string of the molecule is [2H]c1cc2cc(C)ccc2c2ccccc12. The first-order valence-corrected chi connectivity index (χ1v) is 5.14. The topological polar surface area (TPSA) is 0 Å². The van der Waals surface area contributed by atoms with E-state index in [4.69, 9.17) is 1.37 Å². The Morgan fingerprint density at radius 3 is 2.60 bits per heavy atom. The Labute approximate surface area is 90.6 Å². The van der Waals surface area contributed by atoms with Crippen LogP contribution in [0.4, 0.5) is 0 Å². The lowest BCUT2D eigenvalue weighted by Crippen LogP contribution is -1.78. The summed E-state index contributed by atoms with van der Waals surface area (Å²) in [6.07, 6.45) is 0. The summed E-state index contributed by atoms with van der Waals surface area (Å²) in [7, 11) is 0. The van der Waals surface area contributed by atoms with Crippen molar-refractivity contribution in [1.29, 1.82) is 0 Å². The van der Waals surface area contributed by atoms with Gasteiger partial charge in [-0.2, -0.15) is 0 Å². The Kier molecular flexibility index (Phi) is 1.54. The van der Waals surface area contributed by atoms with Crippen molar-refractivity contribution in [2.75, 3.05) is 0 Å². The molecule has 72 valence electrons. The standard InChI is InChI=1S/C15H12/c1-11-6-9-15-13(10-11)8-7-12-4-2-3-5-14(12)15/h2-10H,1H3/i7D. The normalized spacial score (nSPS) is 11.9. The van der Waals surface area contributed by atoms with Gasteiger partial charge < -0.3 is 0 Å². The van der Waals surface area contributed by atoms with Crippen LogP contribution in [0.3, 0.4) is 0 Å². The fraction of sp³-hybridized carbons (Fsp3) is 0.0667. The average Bonchev–Trinajstić information content (AvgIpc) is 2.29. The molecule has 0 aliphatic heterocycles. The van der Waals surface area contributed by atoms with Gasteiger partial charge in [0.25, 0.3) is 0 Å². The zero-order chi connectivity index (χ0) is 11.1. The van der Waals surface area contributed by atoms with Crippen molar-refractivity contribution in [2.45, 2.75) is 6.92 Å². The molecule has 0 aromatic heterocycles. The van der Waals surface area contributed by atoms with Gasteiger partial charge in [-0.3, -0.25) is 0 Å². The molecule has 0 atom stereocenters. The minimum Gasteiger partial charge on any atom is -0.0616 e. The van der Waals surface area contributed by atoms with Crippen molar-refractivity contribution >= 4 is 21.5 Å². The molecule has 0 saturated carbocycles. The van der Waals surface area contributed by atoms with Crippen LogP contribution in [0.5, 0.6) is 0 Å². The number of aryl methyl sites for hydroxylation is 1. The molecule has 0 radical (unpaired) electrons. The molecule has 3 rings (SSSR count). The van der Waals surface area contributed by atoms with Crippen LogP contribution in [-0.4, -0.2) is 0 Å². The lowest BCUT2D eigenvalue weighted by molar-refractivity contribution is 1.51. The summed E-state index contributed by atoms with van der Waals surface area (Å²) in [4.78, 5) is 0.